The second kappa shape index (κ2) is 6.86. The lowest BCUT2D eigenvalue weighted by molar-refractivity contribution is -0.141. The van der Waals surface area contributed by atoms with Gasteiger partial charge in [0.15, 0.2) is 0 Å². The average Bonchev–Trinajstić information content (AvgIpc) is 2.17. The first-order chi connectivity index (χ1) is 7.65. The van der Waals surface area contributed by atoms with E-state index in [2.05, 4.69) is 0 Å². The van der Waals surface area contributed by atoms with Crippen LogP contribution < -0.4 is 5.73 Å². The molecule has 0 atom stereocenters. The number of carbonyl (C=O) groups is 1. The lowest BCUT2D eigenvalue weighted by Gasteiger charge is -2.37. The summed E-state index contributed by atoms with van der Waals surface area (Å²) in [5.41, 5.74) is 5.49. The van der Waals surface area contributed by atoms with Crippen LogP contribution in [-0.4, -0.2) is 42.6 Å². The van der Waals surface area contributed by atoms with Gasteiger partial charge in [-0.25, -0.2) is 0 Å². The van der Waals surface area contributed by atoms with Crippen molar-refractivity contribution in [3.63, 3.8) is 0 Å². The predicted molar refractivity (Wildman–Crippen MR) is 64.1 cm³/mol. The van der Waals surface area contributed by atoms with Crippen molar-refractivity contribution in [3.05, 3.63) is 0 Å². The predicted octanol–water partition coefficient (Wildman–Crippen LogP) is 1.14. The zero-order valence-electron chi connectivity index (χ0n) is 10.4. The van der Waals surface area contributed by atoms with E-state index >= 15 is 0 Å². The zero-order chi connectivity index (χ0) is 12.0. The number of hydrogen-bond acceptors (Lipinski definition) is 3. The molecule has 16 heavy (non-hydrogen) atoms. The Morgan fingerprint density at radius 3 is 2.62 bits per heavy atom. The molecule has 0 radical (unpaired) electrons. The monoisotopic (exact) mass is 228 g/mol. The Balaban J connectivity index is 2.37. The van der Waals surface area contributed by atoms with Gasteiger partial charge < -0.3 is 15.4 Å². The Bertz CT molecular complexity index is 215. The molecule has 1 aliphatic carbocycles. The number of carbonyl (C=O) groups excluding carboxylic acids is 1. The first kappa shape index (κ1) is 13.5. The number of amides is 1. The third-order valence-corrected chi connectivity index (χ3v) is 2.98. The van der Waals surface area contributed by atoms with Gasteiger partial charge in [0.05, 0.1) is 6.10 Å². The van der Waals surface area contributed by atoms with Gasteiger partial charge in [0.25, 0.3) is 0 Å². The fourth-order valence-electron chi connectivity index (χ4n) is 1.79. The van der Waals surface area contributed by atoms with Crippen LogP contribution in [0.4, 0.5) is 0 Å². The van der Waals surface area contributed by atoms with Crippen molar-refractivity contribution in [1.29, 1.82) is 0 Å². The van der Waals surface area contributed by atoms with E-state index in [1.165, 1.54) is 6.42 Å². The summed E-state index contributed by atoms with van der Waals surface area (Å²) in [6, 6.07) is 0.440. The van der Waals surface area contributed by atoms with Gasteiger partial charge in [0, 0.05) is 12.6 Å². The molecule has 1 aliphatic rings. The molecule has 0 aliphatic heterocycles. The third kappa shape index (κ3) is 4.10. The van der Waals surface area contributed by atoms with Crippen LogP contribution in [0.3, 0.4) is 0 Å². The van der Waals surface area contributed by atoms with Crippen molar-refractivity contribution < 1.29 is 9.53 Å². The SMILES string of the molecule is CC(C)OCC(=O)N(CCCN)C1CCC1. The quantitative estimate of drug-likeness (QED) is 0.711. The number of nitrogens with two attached hydrogens (primary N) is 1. The third-order valence-electron chi connectivity index (χ3n) is 2.98. The van der Waals surface area contributed by atoms with Crippen LogP contribution in [0, 0.1) is 0 Å². The minimum atomic E-state index is 0.113. The molecule has 4 nitrogen and oxygen atoms in total. The molecular formula is C12H24N2O2. The molecule has 0 bridgehead atoms. The molecule has 1 fully saturated rings. The van der Waals surface area contributed by atoms with Crippen LogP contribution >= 0.6 is 0 Å². The molecular weight excluding hydrogens is 204 g/mol. The fourth-order valence-corrected chi connectivity index (χ4v) is 1.79. The summed E-state index contributed by atoms with van der Waals surface area (Å²) in [5, 5.41) is 0. The lowest BCUT2D eigenvalue weighted by Crippen LogP contribution is -2.46. The molecule has 0 unspecified atom stereocenters. The summed E-state index contributed by atoms with van der Waals surface area (Å²) in [6.07, 6.45) is 4.50. The Labute approximate surface area is 98.1 Å². The van der Waals surface area contributed by atoms with Gasteiger partial charge >= 0.3 is 0 Å². The molecule has 0 aromatic carbocycles. The van der Waals surface area contributed by atoms with Gasteiger partial charge in [0.1, 0.15) is 6.61 Å². The minimum absolute atomic E-state index is 0.113. The van der Waals surface area contributed by atoms with Gasteiger partial charge in [-0.05, 0) is 46.1 Å². The van der Waals surface area contributed by atoms with E-state index in [1.807, 2.05) is 18.7 Å². The van der Waals surface area contributed by atoms with Crippen LogP contribution in [0.15, 0.2) is 0 Å². The van der Waals surface area contributed by atoms with Crippen LogP contribution in [0.1, 0.15) is 39.5 Å². The van der Waals surface area contributed by atoms with Gasteiger partial charge in [-0.3, -0.25) is 4.79 Å². The van der Waals surface area contributed by atoms with Crippen molar-refractivity contribution in [1.82, 2.24) is 4.90 Å². The summed E-state index contributed by atoms with van der Waals surface area (Å²) in [7, 11) is 0. The van der Waals surface area contributed by atoms with E-state index in [9.17, 15) is 4.79 Å². The summed E-state index contributed by atoms with van der Waals surface area (Å²) in [5.74, 6) is 0.117. The Morgan fingerprint density at radius 1 is 1.50 bits per heavy atom. The summed E-state index contributed by atoms with van der Waals surface area (Å²) < 4.78 is 5.36. The van der Waals surface area contributed by atoms with Crippen LogP contribution in [-0.2, 0) is 9.53 Å². The number of hydrogen-bond donors (Lipinski definition) is 1. The van der Waals surface area contributed by atoms with Gasteiger partial charge in [-0.1, -0.05) is 0 Å². The zero-order valence-corrected chi connectivity index (χ0v) is 10.4. The van der Waals surface area contributed by atoms with Gasteiger partial charge in [-0.2, -0.15) is 0 Å². The second-order valence-corrected chi connectivity index (χ2v) is 4.67. The molecule has 0 saturated heterocycles. The highest BCUT2D eigenvalue weighted by Crippen LogP contribution is 2.25. The van der Waals surface area contributed by atoms with Gasteiger partial charge in [0.2, 0.25) is 5.91 Å². The molecule has 0 spiro atoms. The highest BCUT2D eigenvalue weighted by atomic mass is 16.5. The minimum Gasteiger partial charge on any atom is -0.369 e. The van der Waals surface area contributed by atoms with E-state index in [1.54, 1.807) is 0 Å². The molecule has 0 aromatic rings. The van der Waals surface area contributed by atoms with Crippen molar-refractivity contribution >= 4 is 5.91 Å². The van der Waals surface area contributed by atoms with Crippen molar-refractivity contribution in [2.75, 3.05) is 19.7 Å². The van der Waals surface area contributed by atoms with Crippen molar-refractivity contribution in [3.8, 4) is 0 Å². The van der Waals surface area contributed by atoms with E-state index in [0.717, 1.165) is 25.8 Å². The molecule has 1 saturated carbocycles. The molecule has 4 heteroatoms. The number of nitrogens with zero attached hydrogens (tertiary/aromatic N) is 1. The topological polar surface area (TPSA) is 55.6 Å². The second-order valence-electron chi connectivity index (χ2n) is 4.67. The van der Waals surface area contributed by atoms with Crippen LogP contribution in [0.25, 0.3) is 0 Å². The summed E-state index contributed by atoms with van der Waals surface area (Å²) in [6.45, 7) is 5.52. The van der Waals surface area contributed by atoms with E-state index in [-0.39, 0.29) is 18.6 Å². The molecule has 2 N–H and O–H groups in total. The molecule has 94 valence electrons. The Kier molecular flexibility index (Phi) is 5.77. The molecule has 0 heterocycles. The fraction of sp³-hybridized carbons (Fsp3) is 0.917. The summed E-state index contributed by atoms with van der Waals surface area (Å²) >= 11 is 0. The number of ether oxygens (including phenoxy) is 1. The maximum atomic E-state index is 11.9. The first-order valence-electron chi connectivity index (χ1n) is 6.26. The molecule has 1 amide bonds. The van der Waals surface area contributed by atoms with E-state index < -0.39 is 0 Å². The first-order valence-corrected chi connectivity index (χ1v) is 6.26. The average molecular weight is 228 g/mol. The van der Waals surface area contributed by atoms with Crippen molar-refractivity contribution in [2.24, 2.45) is 5.73 Å². The van der Waals surface area contributed by atoms with Crippen LogP contribution in [0.5, 0.6) is 0 Å². The lowest BCUT2D eigenvalue weighted by atomic mass is 9.91. The van der Waals surface area contributed by atoms with E-state index in [4.69, 9.17) is 10.5 Å². The summed E-state index contributed by atoms with van der Waals surface area (Å²) in [4.78, 5) is 13.9. The Morgan fingerprint density at radius 2 is 2.19 bits per heavy atom. The highest BCUT2D eigenvalue weighted by molar-refractivity contribution is 5.77. The maximum Gasteiger partial charge on any atom is 0.248 e. The standard InChI is InChI=1S/C12H24N2O2/c1-10(2)16-9-12(15)14(8-4-7-13)11-5-3-6-11/h10-11H,3-9,13H2,1-2H3. The van der Waals surface area contributed by atoms with Crippen LogP contribution in [0.2, 0.25) is 0 Å². The van der Waals surface area contributed by atoms with Gasteiger partial charge in [-0.15, -0.1) is 0 Å². The molecule has 1 rings (SSSR count). The number of rotatable bonds is 7. The Hall–Kier alpha value is -0.610. The smallest absolute Gasteiger partial charge is 0.248 e. The van der Waals surface area contributed by atoms with E-state index in [0.29, 0.717) is 12.6 Å². The van der Waals surface area contributed by atoms with Crippen molar-refractivity contribution in [2.45, 2.75) is 51.7 Å². The largest absolute Gasteiger partial charge is 0.369 e. The maximum absolute atomic E-state index is 11.9. The highest BCUT2D eigenvalue weighted by Gasteiger charge is 2.28. The normalized spacial score (nSPS) is 16.2. The molecule has 0 aromatic heterocycles.